The summed E-state index contributed by atoms with van der Waals surface area (Å²) < 4.78 is 5.68. The van der Waals surface area contributed by atoms with Crippen molar-refractivity contribution in [1.82, 2.24) is 0 Å². The van der Waals surface area contributed by atoms with E-state index < -0.39 is 0 Å². The molecule has 1 aromatic rings. The van der Waals surface area contributed by atoms with Crippen molar-refractivity contribution >= 4 is 5.69 Å². The van der Waals surface area contributed by atoms with Crippen molar-refractivity contribution < 1.29 is 4.74 Å². The van der Waals surface area contributed by atoms with E-state index in [1.165, 1.54) is 57.1 Å². The predicted molar refractivity (Wildman–Crippen MR) is 114 cm³/mol. The fourth-order valence-electron chi connectivity index (χ4n) is 2.67. The Balaban J connectivity index is 0.000000697. The molecule has 2 nitrogen and oxygen atoms in total. The molecule has 0 aliphatic heterocycles. The number of hydrogen-bond donors (Lipinski definition) is 0. The van der Waals surface area contributed by atoms with Crippen LogP contribution in [0.4, 0.5) is 5.69 Å². The third-order valence-electron chi connectivity index (χ3n) is 4.16. The first kappa shape index (κ1) is 23.8. The summed E-state index contributed by atoms with van der Waals surface area (Å²) in [5.74, 6) is 0.986. The van der Waals surface area contributed by atoms with Crippen molar-refractivity contribution in [3.05, 3.63) is 24.3 Å². The Morgan fingerprint density at radius 3 is 1.60 bits per heavy atom. The lowest BCUT2D eigenvalue weighted by molar-refractivity contribution is 0.309. The maximum atomic E-state index is 5.68. The number of benzene rings is 1. The van der Waals surface area contributed by atoms with Crippen molar-refractivity contribution in [3.63, 3.8) is 0 Å². The van der Waals surface area contributed by atoms with Crippen molar-refractivity contribution in [2.24, 2.45) is 0 Å². The van der Waals surface area contributed by atoms with Gasteiger partial charge in [0.2, 0.25) is 0 Å². The number of ether oxygens (including phenoxy) is 1. The summed E-state index contributed by atoms with van der Waals surface area (Å²) in [5, 5.41) is 0. The molecular formula is C23H43NO. The van der Waals surface area contributed by atoms with Gasteiger partial charge in [-0.25, -0.2) is 0 Å². The van der Waals surface area contributed by atoms with Crippen LogP contribution in [0.15, 0.2) is 24.3 Å². The van der Waals surface area contributed by atoms with Crippen LogP contribution in [0.5, 0.6) is 5.75 Å². The fraction of sp³-hybridized carbons (Fsp3) is 0.739. The van der Waals surface area contributed by atoms with Gasteiger partial charge in [-0.2, -0.15) is 0 Å². The maximum Gasteiger partial charge on any atom is 0.119 e. The van der Waals surface area contributed by atoms with Crippen molar-refractivity contribution in [3.8, 4) is 5.75 Å². The molecule has 0 fully saturated rings. The first-order chi connectivity index (χ1) is 12.2. The van der Waals surface area contributed by atoms with Gasteiger partial charge in [0.1, 0.15) is 5.75 Å². The molecule has 0 N–H and O–H groups in total. The van der Waals surface area contributed by atoms with Crippen molar-refractivity contribution in [2.75, 3.05) is 24.6 Å². The van der Waals surface area contributed by atoms with Gasteiger partial charge in [0.25, 0.3) is 0 Å². The third-order valence-corrected chi connectivity index (χ3v) is 4.16. The molecule has 0 heterocycles. The van der Waals surface area contributed by atoms with Gasteiger partial charge in [-0.05, 0) is 43.5 Å². The molecule has 0 unspecified atom stereocenters. The van der Waals surface area contributed by atoms with Gasteiger partial charge >= 0.3 is 0 Å². The van der Waals surface area contributed by atoms with Gasteiger partial charge in [-0.15, -0.1) is 0 Å². The monoisotopic (exact) mass is 349 g/mol. The maximum absolute atomic E-state index is 5.68. The highest BCUT2D eigenvalue weighted by Gasteiger charge is 2.04. The quantitative estimate of drug-likeness (QED) is 0.342. The van der Waals surface area contributed by atoms with Crippen LogP contribution in [0.25, 0.3) is 0 Å². The Kier molecular flexibility index (Phi) is 16.8. The van der Waals surface area contributed by atoms with Gasteiger partial charge in [0.05, 0.1) is 6.61 Å². The molecule has 0 spiro atoms. The Morgan fingerprint density at radius 2 is 1.16 bits per heavy atom. The van der Waals surface area contributed by atoms with Crippen LogP contribution in [-0.2, 0) is 0 Å². The molecule has 0 radical (unpaired) electrons. The first-order valence-electron chi connectivity index (χ1n) is 10.7. The molecule has 0 aliphatic carbocycles. The highest BCUT2D eigenvalue weighted by molar-refractivity contribution is 5.49. The van der Waals surface area contributed by atoms with Gasteiger partial charge in [-0.1, -0.05) is 73.1 Å². The molecule has 2 heteroatoms. The number of nitrogens with zero attached hydrogens (tertiary/aromatic N) is 1. The Morgan fingerprint density at radius 1 is 0.640 bits per heavy atom. The Labute approximate surface area is 158 Å². The van der Waals surface area contributed by atoms with E-state index in [1.807, 2.05) is 0 Å². The Hall–Kier alpha value is -1.18. The molecule has 146 valence electrons. The zero-order valence-corrected chi connectivity index (χ0v) is 17.7. The normalized spacial score (nSPS) is 10.1. The lowest BCUT2D eigenvalue weighted by Crippen LogP contribution is -2.24. The number of anilines is 1. The van der Waals surface area contributed by atoms with E-state index in [4.69, 9.17) is 4.74 Å². The van der Waals surface area contributed by atoms with Gasteiger partial charge in [-0.3, -0.25) is 0 Å². The molecule has 0 saturated carbocycles. The average molecular weight is 350 g/mol. The Bertz CT molecular complexity index is 364. The standard InChI is InChI=1S/C16H27NO.C7H16/c1-4-7-14-18-16-10-8-15(9-11-16)17(12-5-2)13-6-3;1-3-5-7-6-4-2/h8-11H,4-7,12-14H2,1-3H3;3-7H2,1-2H3. The lowest BCUT2D eigenvalue weighted by Gasteiger charge is -2.23. The van der Waals surface area contributed by atoms with Gasteiger partial charge < -0.3 is 9.64 Å². The summed E-state index contributed by atoms with van der Waals surface area (Å²) in [6, 6.07) is 8.52. The number of hydrogen-bond acceptors (Lipinski definition) is 2. The minimum absolute atomic E-state index is 0.823. The van der Waals surface area contributed by atoms with Crippen molar-refractivity contribution in [1.29, 1.82) is 0 Å². The first-order valence-corrected chi connectivity index (χ1v) is 10.7. The summed E-state index contributed by atoms with van der Waals surface area (Å²) in [6.45, 7) is 14.2. The molecule has 0 aromatic heterocycles. The van der Waals surface area contributed by atoms with Crippen LogP contribution in [-0.4, -0.2) is 19.7 Å². The second-order valence-electron chi connectivity index (χ2n) is 6.74. The molecule has 25 heavy (non-hydrogen) atoms. The summed E-state index contributed by atoms with van der Waals surface area (Å²) in [4.78, 5) is 2.44. The van der Waals surface area contributed by atoms with E-state index >= 15 is 0 Å². The number of unbranched alkanes of at least 4 members (excludes halogenated alkanes) is 5. The van der Waals surface area contributed by atoms with Gasteiger partial charge in [0, 0.05) is 18.8 Å². The van der Waals surface area contributed by atoms with E-state index in [0.717, 1.165) is 31.9 Å². The molecule has 0 aliphatic rings. The van der Waals surface area contributed by atoms with Crippen LogP contribution < -0.4 is 9.64 Å². The molecule has 0 bridgehead atoms. The molecule has 1 aromatic carbocycles. The topological polar surface area (TPSA) is 12.5 Å². The largest absolute Gasteiger partial charge is 0.494 e. The van der Waals surface area contributed by atoms with E-state index in [9.17, 15) is 0 Å². The van der Waals surface area contributed by atoms with E-state index in [2.05, 4.69) is 63.8 Å². The summed E-state index contributed by atoms with van der Waals surface area (Å²) >= 11 is 0. The van der Waals surface area contributed by atoms with E-state index in [0.29, 0.717) is 0 Å². The van der Waals surface area contributed by atoms with Crippen LogP contribution in [0, 0.1) is 0 Å². The minimum Gasteiger partial charge on any atom is -0.494 e. The highest BCUT2D eigenvalue weighted by Crippen LogP contribution is 2.20. The molecule has 0 saturated heterocycles. The average Bonchev–Trinajstić information content (AvgIpc) is 2.63. The minimum atomic E-state index is 0.823. The van der Waals surface area contributed by atoms with E-state index in [-0.39, 0.29) is 0 Å². The van der Waals surface area contributed by atoms with Crippen LogP contribution in [0.1, 0.15) is 92.4 Å². The van der Waals surface area contributed by atoms with Crippen LogP contribution >= 0.6 is 0 Å². The molecular weight excluding hydrogens is 306 g/mol. The predicted octanol–water partition coefficient (Wildman–Crippen LogP) is 7.47. The summed E-state index contributed by atoms with van der Waals surface area (Å²) in [6.07, 6.45) is 11.7. The van der Waals surface area contributed by atoms with E-state index in [1.54, 1.807) is 0 Å². The number of rotatable bonds is 13. The summed E-state index contributed by atoms with van der Waals surface area (Å²) in [7, 11) is 0. The van der Waals surface area contributed by atoms with Gasteiger partial charge in [0.15, 0.2) is 0 Å². The SMILES string of the molecule is CCCCCCC.CCCCOc1ccc(N(CCC)CCC)cc1. The van der Waals surface area contributed by atoms with Crippen LogP contribution in [0.3, 0.4) is 0 Å². The molecule has 0 amide bonds. The fourth-order valence-corrected chi connectivity index (χ4v) is 2.67. The third kappa shape index (κ3) is 12.8. The molecule has 0 atom stereocenters. The van der Waals surface area contributed by atoms with Crippen LogP contribution in [0.2, 0.25) is 0 Å². The smallest absolute Gasteiger partial charge is 0.119 e. The zero-order valence-electron chi connectivity index (χ0n) is 17.7. The van der Waals surface area contributed by atoms with Crippen molar-refractivity contribution in [2.45, 2.75) is 92.4 Å². The molecule has 1 rings (SSSR count). The second-order valence-corrected chi connectivity index (χ2v) is 6.74. The highest BCUT2D eigenvalue weighted by atomic mass is 16.5. The lowest BCUT2D eigenvalue weighted by atomic mass is 10.2. The second kappa shape index (κ2) is 17.6. The zero-order chi connectivity index (χ0) is 18.8. The summed E-state index contributed by atoms with van der Waals surface area (Å²) in [5.41, 5.74) is 1.31.